The fourth-order valence-corrected chi connectivity index (χ4v) is 2.97. The molecule has 0 spiro atoms. The number of rotatable bonds is 6. The highest BCUT2D eigenvalue weighted by Gasteiger charge is 2.16. The van der Waals surface area contributed by atoms with Crippen LogP contribution in [0.1, 0.15) is 15.9 Å². The van der Waals surface area contributed by atoms with Gasteiger partial charge in [-0.15, -0.1) is 0 Å². The Bertz CT molecular complexity index is 632. The average Bonchev–Trinajstić information content (AvgIpc) is 3.15. The van der Waals surface area contributed by atoms with E-state index in [4.69, 9.17) is 4.74 Å². The highest BCUT2D eigenvalue weighted by molar-refractivity contribution is 5.89. The van der Waals surface area contributed by atoms with Crippen molar-refractivity contribution in [1.29, 1.82) is 0 Å². The Morgan fingerprint density at radius 3 is 2.42 bits per heavy atom. The van der Waals surface area contributed by atoms with Gasteiger partial charge in [0.25, 0.3) is 0 Å². The number of carbonyl (C=O) groups excluding carboxylic acids is 1. The van der Waals surface area contributed by atoms with E-state index in [-0.39, 0.29) is 5.97 Å². The molecule has 0 aliphatic carbocycles. The molecule has 6 nitrogen and oxygen atoms in total. The van der Waals surface area contributed by atoms with Crippen molar-refractivity contribution < 1.29 is 9.53 Å². The van der Waals surface area contributed by atoms with Crippen LogP contribution in [0.4, 0.5) is 0 Å². The highest BCUT2D eigenvalue weighted by Crippen LogP contribution is 2.11. The molecule has 1 aromatic heterocycles. The normalized spacial score (nSPS) is 16.2. The molecule has 0 atom stereocenters. The minimum Gasteiger partial charge on any atom is -0.465 e. The van der Waals surface area contributed by atoms with E-state index in [9.17, 15) is 4.79 Å². The molecule has 0 unspecified atom stereocenters. The summed E-state index contributed by atoms with van der Waals surface area (Å²) in [5.74, 6) is -0.284. The largest absolute Gasteiger partial charge is 0.465 e. The lowest BCUT2D eigenvalue weighted by atomic mass is 10.1. The Morgan fingerprint density at radius 2 is 1.79 bits per heavy atom. The lowest BCUT2D eigenvalue weighted by molar-refractivity contribution is 0.0600. The van der Waals surface area contributed by atoms with Crippen molar-refractivity contribution in [2.24, 2.45) is 0 Å². The van der Waals surface area contributed by atoms with E-state index in [1.54, 1.807) is 0 Å². The summed E-state index contributed by atoms with van der Waals surface area (Å²) in [5, 5.41) is 0. The van der Waals surface area contributed by atoms with Gasteiger partial charge in [0.15, 0.2) is 0 Å². The van der Waals surface area contributed by atoms with Crippen molar-refractivity contribution >= 4 is 5.97 Å². The van der Waals surface area contributed by atoms with Crippen LogP contribution in [0, 0.1) is 0 Å². The second-order valence-corrected chi connectivity index (χ2v) is 6.11. The number of piperazine rings is 1. The quantitative estimate of drug-likeness (QED) is 0.752. The molecule has 3 rings (SSSR count). The first-order valence-corrected chi connectivity index (χ1v) is 8.32. The molecule has 1 fully saturated rings. The van der Waals surface area contributed by atoms with Crippen LogP contribution in [0.3, 0.4) is 0 Å². The van der Waals surface area contributed by atoms with Crippen LogP contribution < -0.4 is 0 Å². The Morgan fingerprint density at radius 1 is 1.08 bits per heavy atom. The summed E-state index contributed by atoms with van der Waals surface area (Å²) in [4.78, 5) is 20.5. The number of methoxy groups -OCH3 is 1. The minimum absolute atomic E-state index is 0.284. The zero-order valence-electron chi connectivity index (χ0n) is 14.1. The zero-order valence-corrected chi connectivity index (χ0v) is 14.1. The van der Waals surface area contributed by atoms with Crippen molar-refractivity contribution in [3.8, 4) is 0 Å². The second kappa shape index (κ2) is 8.08. The van der Waals surface area contributed by atoms with Crippen LogP contribution in [0.2, 0.25) is 0 Å². The monoisotopic (exact) mass is 328 g/mol. The first-order chi connectivity index (χ1) is 11.7. The van der Waals surface area contributed by atoms with E-state index in [0.717, 1.165) is 45.8 Å². The van der Waals surface area contributed by atoms with Crippen molar-refractivity contribution in [1.82, 2.24) is 19.4 Å². The van der Waals surface area contributed by atoms with Gasteiger partial charge in [-0.25, -0.2) is 9.78 Å². The minimum atomic E-state index is -0.284. The van der Waals surface area contributed by atoms with E-state index in [1.807, 2.05) is 43.0 Å². The van der Waals surface area contributed by atoms with Crippen molar-refractivity contribution in [3.63, 3.8) is 0 Å². The Labute approximate surface area is 142 Å². The third-order valence-corrected chi connectivity index (χ3v) is 4.48. The van der Waals surface area contributed by atoms with Gasteiger partial charge in [0.2, 0.25) is 0 Å². The molecule has 2 heterocycles. The molecule has 24 heavy (non-hydrogen) atoms. The van der Waals surface area contributed by atoms with E-state index < -0.39 is 0 Å². The Kier molecular flexibility index (Phi) is 5.61. The summed E-state index contributed by atoms with van der Waals surface area (Å²) < 4.78 is 6.85. The van der Waals surface area contributed by atoms with Gasteiger partial charge in [0, 0.05) is 58.2 Å². The van der Waals surface area contributed by atoms with Crippen molar-refractivity contribution in [2.75, 3.05) is 39.8 Å². The standard InChI is InChI=1S/C18H24N4O2/c1-24-18(23)17-4-2-16(3-5-17)14-21-11-8-20(9-12-21)10-13-22-7-6-19-15-22/h2-7,15H,8-14H2,1H3. The smallest absolute Gasteiger partial charge is 0.337 e. The van der Waals surface area contributed by atoms with Crippen LogP contribution in [0.5, 0.6) is 0 Å². The SMILES string of the molecule is COC(=O)c1ccc(CN2CCN(CCn3ccnc3)CC2)cc1. The molecule has 0 amide bonds. The maximum atomic E-state index is 11.5. The van der Waals surface area contributed by atoms with Crippen LogP contribution in [-0.4, -0.2) is 65.2 Å². The number of hydrogen-bond acceptors (Lipinski definition) is 5. The summed E-state index contributed by atoms with van der Waals surface area (Å²) in [5.41, 5.74) is 1.83. The lowest BCUT2D eigenvalue weighted by Gasteiger charge is -2.34. The van der Waals surface area contributed by atoms with E-state index in [0.29, 0.717) is 5.56 Å². The summed E-state index contributed by atoms with van der Waals surface area (Å²) >= 11 is 0. The maximum absolute atomic E-state index is 11.5. The van der Waals surface area contributed by atoms with E-state index >= 15 is 0 Å². The summed E-state index contributed by atoms with van der Waals surface area (Å²) in [6, 6.07) is 7.69. The van der Waals surface area contributed by atoms with Gasteiger partial charge in [0.05, 0.1) is 19.0 Å². The Balaban J connectivity index is 1.42. The fraction of sp³-hybridized carbons (Fsp3) is 0.444. The molecule has 1 saturated heterocycles. The number of hydrogen-bond donors (Lipinski definition) is 0. The van der Waals surface area contributed by atoms with Gasteiger partial charge < -0.3 is 9.30 Å². The molecule has 0 bridgehead atoms. The van der Waals surface area contributed by atoms with Crippen LogP contribution in [0.15, 0.2) is 43.0 Å². The Hall–Kier alpha value is -2.18. The third kappa shape index (κ3) is 4.43. The predicted molar refractivity (Wildman–Crippen MR) is 91.7 cm³/mol. The number of ether oxygens (including phenoxy) is 1. The zero-order chi connectivity index (χ0) is 16.8. The van der Waals surface area contributed by atoms with Crippen molar-refractivity contribution in [3.05, 3.63) is 54.1 Å². The van der Waals surface area contributed by atoms with Crippen LogP contribution >= 0.6 is 0 Å². The van der Waals surface area contributed by atoms with Gasteiger partial charge in [-0.3, -0.25) is 9.80 Å². The molecule has 128 valence electrons. The molecule has 1 aliphatic rings. The summed E-state index contributed by atoms with van der Waals surface area (Å²) in [7, 11) is 1.41. The lowest BCUT2D eigenvalue weighted by Crippen LogP contribution is -2.46. The van der Waals surface area contributed by atoms with Gasteiger partial charge in [-0.1, -0.05) is 12.1 Å². The number of aromatic nitrogens is 2. The molecule has 0 N–H and O–H groups in total. The number of imidazole rings is 1. The first kappa shape index (κ1) is 16.7. The van der Waals surface area contributed by atoms with Gasteiger partial charge >= 0.3 is 5.97 Å². The molecule has 0 radical (unpaired) electrons. The molecule has 0 saturated carbocycles. The van der Waals surface area contributed by atoms with Gasteiger partial charge in [-0.05, 0) is 17.7 Å². The highest BCUT2D eigenvalue weighted by atomic mass is 16.5. The van der Waals surface area contributed by atoms with Gasteiger partial charge in [0.1, 0.15) is 0 Å². The topological polar surface area (TPSA) is 50.6 Å². The second-order valence-electron chi connectivity index (χ2n) is 6.11. The summed E-state index contributed by atoms with van der Waals surface area (Å²) in [6.07, 6.45) is 5.70. The molecular formula is C18H24N4O2. The van der Waals surface area contributed by atoms with Gasteiger partial charge in [-0.2, -0.15) is 0 Å². The number of esters is 1. The van der Waals surface area contributed by atoms with E-state index in [1.165, 1.54) is 12.7 Å². The molecule has 6 heteroatoms. The molecule has 2 aromatic rings. The molecular weight excluding hydrogens is 304 g/mol. The summed E-state index contributed by atoms with van der Waals surface area (Å²) in [6.45, 7) is 7.32. The third-order valence-electron chi connectivity index (χ3n) is 4.48. The molecule has 1 aromatic carbocycles. The maximum Gasteiger partial charge on any atom is 0.337 e. The fourth-order valence-electron chi connectivity index (χ4n) is 2.97. The molecule has 1 aliphatic heterocycles. The van der Waals surface area contributed by atoms with Crippen LogP contribution in [-0.2, 0) is 17.8 Å². The first-order valence-electron chi connectivity index (χ1n) is 8.32. The van der Waals surface area contributed by atoms with Crippen LogP contribution in [0.25, 0.3) is 0 Å². The van der Waals surface area contributed by atoms with Crippen molar-refractivity contribution in [2.45, 2.75) is 13.1 Å². The number of carbonyl (C=O) groups is 1. The average molecular weight is 328 g/mol. The number of benzene rings is 1. The predicted octanol–water partition coefficient (Wildman–Crippen LogP) is 1.49. The number of nitrogens with zero attached hydrogens (tertiary/aromatic N) is 4. The van der Waals surface area contributed by atoms with E-state index in [2.05, 4.69) is 19.4 Å².